The number of ether oxygens (including phenoxy) is 2. The van der Waals surface area contributed by atoms with E-state index in [-0.39, 0.29) is 46.3 Å². The van der Waals surface area contributed by atoms with Crippen LogP contribution in [0.3, 0.4) is 0 Å². The van der Waals surface area contributed by atoms with Gasteiger partial charge in [0.2, 0.25) is 5.69 Å². The number of carboxylic acid groups (broad SMARTS) is 1. The number of esters is 1. The lowest BCUT2D eigenvalue weighted by atomic mass is 9.75. The van der Waals surface area contributed by atoms with Gasteiger partial charge in [0.15, 0.2) is 29.1 Å². The van der Waals surface area contributed by atoms with E-state index in [0.717, 1.165) is 56.1 Å². The van der Waals surface area contributed by atoms with E-state index in [9.17, 15) is 18.9 Å². The van der Waals surface area contributed by atoms with E-state index in [1.54, 1.807) is 28.8 Å². The lowest BCUT2D eigenvalue weighted by molar-refractivity contribution is -0.145. The minimum Gasteiger partial charge on any atom is -0.479 e. The highest BCUT2D eigenvalue weighted by molar-refractivity contribution is 7.82. The molecule has 13 heteroatoms. The number of aliphatic carboxylic acids is 1. The Labute approximate surface area is 314 Å². The summed E-state index contributed by atoms with van der Waals surface area (Å²) in [5, 5.41) is 13.0. The largest absolute Gasteiger partial charge is 0.479 e. The van der Waals surface area contributed by atoms with E-state index in [1.807, 2.05) is 26.0 Å². The van der Waals surface area contributed by atoms with Gasteiger partial charge in [-0.15, -0.1) is 0 Å². The number of carbonyl (C=O) groups excluding carboxylic acids is 1. The number of benzene rings is 2. The van der Waals surface area contributed by atoms with Crippen molar-refractivity contribution in [3.8, 4) is 22.9 Å². The Morgan fingerprint density at radius 2 is 1.77 bits per heavy atom. The molecule has 284 valence electrons. The van der Waals surface area contributed by atoms with Gasteiger partial charge in [0.25, 0.3) is 0 Å². The molecule has 1 saturated carbocycles. The summed E-state index contributed by atoms with van der Waals surface area (Å²) in [7, 11) is 0. The van der Waals surface area contributed by atoms with Crippen molar-refractivity contribution in [2.24, 2.45) is 17.8 Å². The van der Waals surface area contributed by atoms with Crippen molar-refractivity contribution in [1.82, 2.24) is 14.6 Å². The van der Waals surface area contributed by atoms with Crippen LogP contribution in [-0.4, -0.2) is 48.1 Å². The Hall–Kier alpha value is -4.83. The van der Waals surface area contributed by atoms with Crippen LogP contribution in [-0.2, 0) is 20.8 Å². The molecule has 2 aromatic heterocycles. The molecule has 3 N–H and O–H groups in total. The smallest absolute Gasteiger partial charge is 0.344 e. The molecular weight excluding hydrogens is 695 g/mol. The molecule has 53 heavy (non-hydrogen) atoms. The van der Waals surface area contributed by atoms with Crippen molar-refractivity contribution in [2.45, 2.75) is 112 Å². The summed E-state index contributed by atoms with van der Waals surface area (Å²) in [6.07, 6.45) is 8.67. The molecule has 0 amide bonds. The Bertz CT molecular complexity index is 1970. The number of nitrogens with one attached hydrogen (secondary N) is 2. The number of anilines is 1. The summed E-state index contributed by atoms with van der Waals surface area (Å²) >= 11 is -2.09. The number of carbonyl (C=O) groups is 2. The van der Waals surface area contributed by atoms with E-state index in [4.69, 9.17) is 25.2 Å². The zero-order valence-corrected chi connectivity index (χ0v) is 32.3. The van der Waals surface area contributed by atoms with E-state index in [2.05, 4.69) is 42.4 Å². The van der Waals surface area contributed by atoms with Crippen molar-refractivity contribution < 1.29 is 32.6 Å². The summed E-state index contributed by atoms with van der Waals surface area (Å²) in [5.74, 6) is 0.111. The van der Waals surface area contributed by atoms with Gasteiger partial charge in [-0.1, -0.05) is 78.0 Å². The van der Waals surface area contributed by atoms with Gasteiger partial charge >= 0.3 is 23.2 Å². The molecule has 4 atom stereocenters. The van der Waals surface area contributed by atoms with Crippen LogP contribution in [0, 0.1) is 38.2 Å². The van der Waals surface area contributed by atoms with Crippen molar-refractivity contribution in [2.75, 3.05) is 4.72 Å². The zero-order valence-electron chi connectivity index (χ0n) is 31.4. The van der Waals surface area contributed by atoms with Crippen LogP contribution in [0.4, 0.5) is 11.4 Å². The normalized spacial score (nSPS) is 19.6. The summed E-state index contributed by atoms with van der Waals surface area (Å²) in [6.45, 7) is 20.0. The highest BCUT2D eigenvalue weighted by atomic mass is 32.2. The first kappa shape index (κ1) is 39.4. The number of rotatable bonds is 17. The Morgan fingerprint density at radius 1 is 1.06 bits per heavy atom. The predicted octanol–water partition coefficient (Wildman–Crippen LogP) is 9.38. The van der Waals surface area contributed by atoms with Gasteiger partial charge in [-0.25, -0.2) is 19.4 Å². The van der Waals surface area contributed by atoms with Gasteiger partial charge in [0, 0.05) is 11.8 Å². The zero-order chi connectivity index (χ0) is 38.2. The third-order valence-electron chi connectivity index (χ3n) is 9.97. The second kappa shape index (κ2) is 17.8. The number of aryl methyl sites for hydroxylation is 2. The number of hydrogen-bond acceptors (Lipinski definition) is 7. The topological polar surface area (TPSA) is 149 Å². The van der Waals surface area contributed by atoms with Gasteiger partial charge in [0.05, 0.1) is 12.3 Å². The highest BCUT2D eigenvalue weighted by Gasteiger charge is 2.36. The fourth-order valence-electron chi connectivity index (χ4n) is 7.29. The van der Waals surface area contributed by atoms with Crippen molar-refractivity contribution in [3.05, 3.63) is 70.7 Å². The van der Waals surface area contributed by atoms with Gasteiger partial charge < -0.3 is 18.8 Å². The third-order valence-corrected chi connectivity index (χ3v) is 10.7. The maximum atomic E-state index is 13.6. The van der Waals surface area contributed by atoms with Crippen LogP contribution < -0.4 is 13.6 Å². The lowest BCUT2D eigenvalue weighted by Crippen LogP contribution is -2.37. The van der Waals surface area contributed by atoms with Gasteiger partial charge in [-0.3, -0.25) is 14.3 Å². The van der Waals surface area contributed by atoms with Crippen LogP contribution >= 0.6 is 0 Å². The van der Waals surface area contributed by atoms with Crippen LogP contribution in [0.1, 0.15) is 107 Å². The average Bonchev–Trinajstić information content (AvgIpc) is 3.67. The van der Waals surface area contributed by atoms with Crippen LogP contribution in [0.25, 0.3) is 21.9 Å². The molecule has 1 aliphatic rings. The Balaban J connectivity index is 1.30. The third kappa shape index (κ3) is 9.79. The quantitative estimate of drug-likeness (QED) is 0.0550. The van der Waals surface area contributed by atoms with Gasteiger partial charge in [-0.05, 0) is 86.6 Å². The first-order valence-electron chi connectivity index (χ1n) is 18.6. The van der Waals surface area contributed by atoms with Crippen LogP contribution in [0.5, 0.6) is 11.5 Å². The standard InChI is InChI=1S/C40H51N5O7S/c1-8-9-10-11-12-13-14-33(39(46)47)50-32-18-15-24(2)21-34(32)52-53(49)44-30-22-29(17-16-26(30)4)37-42-38-35(31(41-7)23-45(38)43-37)40(48)51-36-27(5)19-25(3)20-28(36)6/h15-18,21-23,25,27-28,33,36,44H,8-14,19-20H2,1-6H3,(H,42,43)(H,46,47). The van der Waals surface area contributed by atoms with Crippen LogP contribution in [0.2, 0.25) is 0 Å². The molecule has 0 bridgehead atoms. The van der Waals surface area contributed by atoms with Crippen LogP contribution in [0.15, 0.2) is 42.6 Å². The van der Waals surface area contributed by atoms with Crippen molar-refractivity contribution in [1.29, 1.82) is 0 Å². The number of fused-ring (bicyclic) bond motifs is 1. The van der Waals surface area contributed by atoms with E-state index in [0.29, 0.717) is 29.4 Å². The van der Waals surface area contributed by atoms with Crippen molar-refractivity contribution >= 4 is 40.2 Å². The van der Waals surface area contributed by atoms with E-state index >= 15 is 0 Å². The molecule has 2 heterocycles. The first-order valence-corrected chi connectivity index (χ1v) is 19.6. The average molecular weight is 746 g/mol. The number of aromatic amines is 1. The molecule has 1 fully saturated rings. The second-order valence-electron chi connectivity index (χ2n) is 14.6. The number of nitrogens with zero attached hydrogens (tertiary/aromatic N) is 3. The minimum absolute atomic E-state index is 0.119. The molecule has 4 aromatic rings. The predicted molar refractivity (Wildman–Crippen MR) is 206 cm³/mol. The second-order valence-corrected chi connectivity index (χ2v) is 15.4. The number of unbranched alkanes of at least 4 members (excludes halogenated alkanes) is 5. The SMILES string of the molecule is [C-]#[N+]c1cn2[nH]c(-c3ccc(C)c(NS(=O)Oc4cc(C)ccc4OC(CCCCCCCC)C(=O)O)c3)nc2c1C(=O)OC1C(C)CC(C)CC1C. The highest BCUT2D eigenvalue weighted by Crippen LogP contribution is 2.37. The van der Waals surface area contributed by atoms with E-state index in [1.165, 1.54) is 12.6 Å². The molecule has 0 saturated heterocycles. The molecular formula is C40H51N5O7S. The first-order chi connectivity index (χ1) is 25.4. The number of H-pyrrole nitrogens is 1. The Kier molecular flexibility index (Phi) is 13.2. The number of aromatic nitrogens is 3. The molecule has 1 aliphatic carbocycles. The van der Waals surface area contributed by atoms with E-state index < -0.39 is 29.3 Å². The lowest BCUT2D eigenvalue weighted by Gasteiger charge is -2.37. The molecule has 12 nitrogen and oxygen atoms in total. The molecule has 5 rings (SSSR count). The molecule has 0 radical (unpaired) electrons. The monoisotopic (exact) mass is 745 g/mol. The maximum absolute atomic E-state index is 13.6. The van der Waals surface area contributed by atoms with Gasteiger partial charge in [-0.2, -0.15) is 4.21 Å². The summed E-state index contributed by atoms with van der Waals surface area (Å²) in [6, 6.07) is 10.5. The molecule has 0 aliphatic heterocycles. The molecule has 0 spiro atoms. The number of hydrogen-bond donors (Lipinski definition) is 3. The molecule has 2 aromatic carbocycles. The summed E-state index contributed by atoms with van der Waals surface area (Å²) in [5.41, 5.74) is 3.28. The maximum Gasteiger partial charge on any atom is 0.344 e. The summed E-state index contributed by atoms with van der Waals surface area (Å²) < 4.78 is 35.6. The summed E-state index contributed by atoms with van der Waals surface area (Å²) in [4.78, 5) is 33.9. The van der Waals surface area contributed by atoms with Gasteiger partial charge in [0.1, 0.15) is 11.7 Å². The Morgan fingerprint density at radius 3 is 2.47 bits per heavy atom. The minimum atomic E-state index is -2.09. The number of carboxylic acids is 1. The molecule has 4 unspecified atom stereocenters. The van der Waals surface area contributed by atoms with Crippen molar-refractivity contribution in [3.63, 3.8) is 0 Å². The fraction of sp³-hybridized carbons (Fsp3) is 0.500. The fourth-order valence-corrected chi connectivity index (χ4v) is 8.02.